The lowest BCUT2D eigenvalue weighted by Gasteiger charge is -2.12. The molecular formula is C14H18F2O3S. The van der Waals surface area contributed by atoms with Crippen LogP contribution in [-0.2, 0) is 9.84 Å². The van der Waals surface area contributed by atoms with Gasteiger partial charge in [0, 0.05) is 5.56 Å². The fourth-order valence-electron chi connectivity index (χ4n) is 1.78. The zero-order chi connectivity index (χ0) is 15.3. The Morgan fingerprint density at radius 2 is 1.85 bits per heavy atom. The molecule has 0 N–H and O–H groups in total. The van der Waals surface area contributed by atoms with Gasteiger partial charge in [-0.3, -0.25) is 4.79 Å². The lowest BCUT2D eigenvalue weighted by molar-refractivity contribution is 0.0991. The first-order valence-electron chi connectivity index (χ1n) is 6.50. The van der Waals surface area contributed by atoms with E-state index in [0.717, 1.165) is 31.0 Å². The molecule has 20 heavy (non-hydrogen) atoms. The molecule has 1 aromatic carbocycles. The van der Waals surface area contributed by atoms with Crippen LogP contribution in [-0.4, -0.2) is 25.2 Å². The number of hydrogen-bond donors (Lipinski definition) is 0. The van der Waals surface area contributed by atoms with Crippen LogP contribution in [0.15, 0.2) is 18.2 Å². The molecule has 0 radical (unpaired) electrons. The largest absolute Gasteiger partial charge is 0.293 e. The molecule has 0 saturated carbocycles. The Kier molecular flexibility index (Phi) is 5.80. The number of hydrogen-bond acceptors (Lipinski definition) is 3. The molecule has 112 valence electrons. The summed E-state index contributed by atoms with van der Waals surface area (Å²) in [6.45, 7) is 3.23. The Morgan fingerprint density at radius 3 is 2.40 bits per heavy atom. The molecule has 1 rings (SSSR count). The number of ketones is 1. The summed E-state index contributed by atoms with van der Waals surface area (Å²) in [5.74, 6) is -3.01. The molecule has 0 saturated heterocycles. The lowest BCUT2D eigenvalue weighted by Crippen LogP contribution is -2.29. The number of unbranched alkanes of at least 4 members (excludes halogenated alkanes) is 2. The summed E-state index contributed by atoms with van der Waals surface area (Å²) >= 11 is 0. The Balaban J connectivity index is 2.87. The van der Waals surface area contributed by atoms with Gasteiger partial charge in [-0.25, -0.2) is 17.2 Å². The van der Waals surface area contributed by atoms with E-state index in [1.807, 2.05) is 6.92 Å². The fourth-order valence-corrected chi connectivity index (χ4v) is 3.20. The third-order valence-corrected chi connectivity index (χ3v) is 5.29. The second-order valence-electron chi connectivity index (χ2n) is 4.71. The molecule has 0 amide bonds. The van der Waals surface area contributed by atoms with Crippen LogP contribution in [0.3, 0.4) is 0 Å². The molecular weight excluding hydrogens is 286 g/mol. The molecule has 0 bridgehead atoms. The second-order valence-corrected chi connectivity index (χ2v) is 7.15. The summed E-state index contributed by atoms with van der Waals surface area (Å²) in [7, 11) is -3.57. The van der Waals surface area contributed by atoms with Gasteiger partial charge in [0.2, 0.25) is 0 Å². The number of carbonyl (C=O) groups excluding carboxylic acids is 1. The zero-order valence-electron chi connectivity index (χ0n) is 11.5. The van der Waals surface area contributed by atoms with Crippen molar-refractivity contribution in [3.05, 3.63) is 35.4 Å². The summed E-state index contributed by atoms with van der Waals surface area (Å²) in [4.78, 5) is 12.0. The maximum Gasteiger partial charge on any atom is 0.180 e. The van der Waals surface area contributed by atoms with Gasteiger partial charge in [-0.15, -0.1) is 0 Å². The number of carbonyl (C=O) groups is 1. The summed E-state index contributed by atoms with van der Waals surface area (Å²) in [5.41, 5.74) is -0.129. The second kappa shape index (κ2) is 6.92. The minimum atomic E-state index is -3.57. The van der Waals surface area contributed by atoms with E-state index < -0.39 is 32.5 Å². The average molecular weight is 304 g/mol. The van der Waals surface area contributed by atoms with E-state index in [-0.39, 0.29) is 11.3 Å². The van der Waals surface area contributed by atoms with Crippen molar-refractivity contribution in [3.63, 3.8) is 0 Å². The maximum atomic E-state index is 13.1. The molecule has 0 aliphatic heterocycles. The number of halogens is 2. The van der Waals surface area contributed by atoms with Crippen LogP contribution < -0.4 is 0 Å². The molecule has 3 nitrogen and oxygen atoms in total. The maximum absolute atomic E-state index is 13.1. The van der Waals surface area contributed by atoms with Gasteiger partial charge in [-0.2, -0.15) is 0 Å². The van der Waals surface area contributed by atoms with Crippen LogP contribution in [0.2, 0.25) is 0 Å². The predicted molar refractivity (Wildman–Crippen MR) is 73.5 cm³/mol. The normalized spacial score (nSPS) is 13.2. The Labute approximate surface area is 117 Å². The summed E-state index contributed by atoms with van der Waals surface area (Å²) in [6, 6.07) is 2.65. The summed E-state index contributed by atoms with van der Waals surface area (Å²) in [6.07, 6.45) is 2.14. The highest BCUT2D eigenvalue weighted by Gasteiger charge is 2.28. The van der Waals surface area contributed by atoms with Crippen molar-refractivity contribution in [2.24, 2.45) is 0 Å². The lowest BCUT2D eigenvalue weighted by atomic mass is 10.1. The highest BCUT2D eigenvalue weighted by molar-refractivity contribution is 7.92. The van der Waals surface area contributed by atoms with Crippen LogP contribution in [0.4, 0.5) is 8.78 Å². The van der Waals surface area contributed by atoms with Crippen LogP contribution in [0.25, 0.3) is 0 Å². The molecule has 0 spiro atoms. The van der Waals surface area contributed by atoms with Gasteiger partial charge in [0.05, 0.1) is 5.75 Å². The molecule has 1 aromatic rings. The third-order valence-electron chi connectivity index (χ3n) is 3.14. The van der Waals surface area contributed by atoms with Crippen molar-refractivity contribution in [3.8, 4) is 0 Å². The molecule has 0 heterocycles. The number of Topliss-reactive ketones (excluding diaryl/α,β-unsaturated/α-hetero) is 1. The van der Waals surface area contributed by atoms with Gasteiger partial charge in [0.25, 0.3) is 0 Å². The van der Waals surface area contributed by atoms with Gasteiger partial charge in [-0.05, 0) is 31.5 Å². The van der Waals surface area contributed by atoms with Crippen molar-refractivity contribution in [1.82, 2.24) is 0 Å². The molecule has 6 heteroatoms. The molecule has 1 unspecified atom stereocenters. The zero-order valence-corrected chi connectivity index (χ0v) is 12.3. The van der Waals surface area contributed by atoms with Crippen molar-refractivity contribution in [2.75, 3.05) is 5.75 Å². The molecule has 0 aromatic heterocycles. The predicted octanol–water partition coefficient (Wildman–Crippen LogP) is 3.14. The van der Waals surface area contributed by atoms with E-state index in [9.17, 15) is 22.0 Å². The topological polar surface area (TPSA) is 51.2 Å². The van der Waals surface area contributed by atoms with E-state index in [1.165, 1.54) is 6.92 Å². The van der Waals surface area contributed by atoms with Crippen LogP contribution in [0, 0.1) is 11.6 Å². The smallest absolute Gasteiger partial charge is 0.180 e. The van der Waals surface area contributed by atoms with Crippen molar-refractivity contribution in [2.45, 2.75) is 38.4 Å². The first-order chi connectivity index (χ1) is 9.29. The molecule has 0 aliphatic rings. The molecule has 1 atom stereocenters. The van der Waals surface area contributed by atoms with Crippen LogP contribution in [0.1, 0.15) is 43.5 Å². The number of sulfone groups is 1. The summed E-state index contributed by atoms with van der Waals surface area (Å²) in [5, 5.41) is -1.25. The fraction of sp³-hybridized carbons (Fsp3) is 0.500. The van der Waals surface area contributed by atoms with E-state index in [0.29, 0.717) is 6.42 Å². The first kappa shape index (κ1) is 16.8. The number of benzene rings is 1. The number of rotatable bonds is 7. The Hall–Kier alpha value is -1.30. The SMILES string of the molecule is CCCCCS(=O)(=O)C(C)C(=O)c1ccc(F)c(F)c1. The molecule has 0 aliphatic carbocycles. The first-order valence-corrected chi connectivity index (χ1v) is 8.22. The highest BCUT2D eigenvalue weighted by atomic mass is 32.2. The quantitative estimate of drug-likeness (QED) is 0.574. The van der Waals surface area contributed by atoms with Crippen LogP contribution in [0.5, 0.6) is 0 Å². The van der Waals surface area contributed by atoms with E-state index in [2.05, 4.69) is 0 Å². The van der Waals surface area contributed by atoms with Gasteiger partial charge >= 0.3 is 0 Å². The van der Waals surface area contributed by atoms with Gasteiger partial charge in [0.15, 0.2) is 27.3 Å². The van der Waals surface area contributed by atoms with E-state index in [1.54, 1.807) is 0 Å². The van der Waals surface area contributed by atoms with Gasteiger partial charge in [0.1, 0.15) is 5.25 Å². The standard InChI is InChI=1S/C14H18F2O3S/c1-3-4-5-8-20(18,19)10(2)14(17)11-6-7-12(15)13(16)9-11/h6-7,9-10H,3-5,8H2,1-2H3. The Bertz CT molecular complexity index is 582. The van der Waals surface area contributed by atoms with Crippen molar-refractivity contribution < 1.29 is 22.0 Å². The van der Waals surface area contributed by atoms with Gasteiger partial charge in [-0.1, -0.05) is 19.8 Å². The molecule has 0 fully saturated rings. The van der Waals surface area contributed by atoms with Crippen LogP contribution >= 0.6 is 0 Å². The Morgan fingerprint density at radius 1 is 1.20 bits per heavy atom. The van der Waals surface area contributed by atoms with Gasteiger partial charge < -0.3 is 0 Å². The van der Waals surface area contributed by atoms with E-state index in [4.69, 9.17) is 0 Å². The summed E-state index contributed by atoms with van der Waals surface area (Å²) < 4.78 is 49.8. The van der Waals surface area contributed by atoms with Crippen molar-refractivity contribution >= 4 is 15.6 Å². The van der Waals surface area contributed by atoms with E-state index >= 15 is 0 Å². The van der Waals surface area contributed by atoms with Crippen molar-refractivity contribution in [1.29, 1.82) is 0 Å². The monoisotopic (exact) mass is 304 g/mol. The third kappa shape index (κ3) is 4.10. The minimum absolute atomic E-state index is 0.0720. The highest BCUT2D eigenvalue weighted by Crippen LogP contribution is 2.15. The minimum Gasteiger partial charge on any atom is -0.293 e. The average Bonchev–Trinajstić information content (AvgIpc) is 2.40.